The monoisotopic (exact) mass is 185 g/mol. The van der Waals surface area contributed by atoms with Gasteiger partial charge in [-0.1, -0.05) is 6.07 Å². The van der Waals surface area contributed by atoms with Gasteiger partial charge in [-0.2, -0.15) is 5.48 Å². The lowest BCUT2D eigenvalue weighted by molar-refractivity contribution is 0.133. The molecular weight excluding hydrogens is 173 g/mol. The normalized spacial score (nSPS) is 12.6. The number of benzene rings is 1. The fourth-order valence-corrected chi connectivity index (χ4v) is 1.03. The second kappa shape index (κ2) is 4.20. The van der Waals surface area contributed by atoms with Crippen LogP contribution in [-0.4, -0.2) is 12.3 Å². The van der Waals surface area contributed by atoms with Crippen molar-refractivity contribution >= 4 is 0 Å². The summed E-state index contributed by atoms with van der Waals surface area (Å²) in [6, 6.07) is 4.25. The molecule has 0 bridgehead atoms. The number of hydrogen-bond donors (Lipinski definition) is 2. The molecule has 0 aliphatic heterocycles. The Hall–Kier alpha value is -1.13. The topological polar surface area (TPSA) is 41.5 Å². The van der Waals surface area contributed by atoms with Crippen molar-refractivity contribution in [2.24, 2.45) is 0 Å². The van der Waals surface area contributed by atoms with E-state index in [1.165, 1.54) is 19.2 Å². The van der Waals surface area contributed by atoms with Crippen LogP contribution in [0.15, 0.2) is 18.2 Å². The number of rotatable bonds is 3. The second-order valence-corrected chi connectivity index (χ2v) is 2.74. The third-order valence-electron chi connectivity index (χ3n) is 1.87. The van der Waals surface area contributed by atoms with Gasteiger partial charge in [-0.3, -0.25) is 0 Å². The van der Waals surface area contributed by atoms with E-state index in [1.54, 1.807) is 13.0 Å². The first-order chi connectivity index (χ1) is 6.19. The summed E-state index contributed by atoms with van der Waals surface area (Å²) in [7, 11) is 1.41. The molecule has 1 rings (SSSR count). The van der Waals surface area contributed by atoms with E-state index in [0.29, 0.717) is 5.56 Å². The Kier molecular flexibility index (Phi) is 3.22. The predicted molar refractivity (Wildman–Crippen MR) is 46.3 cm³/mol. The Morgan fingerprint density at radius 2 is 2.23 bits per heavy atom. The van der Waals surface area contributed by atoms with Crippen molar-refractivity contribution in [2.75, 3.05) is 7.11 Å². The highest BCUT2D eigenvalue weighted by molar-refractivity contribution is 5.30. The van der Waals surface area contributed by atoms with E-state index >= 15 is 0 Å². The first kappa shape index (κ1) is 9.95. The van der Waals surface area contributed by atoms with Gasteiger partial charge in [-0.15, -0.1) is 0 Å². The molecule has 13 heavy (non-hydrogen) atoms. The molecule has 2 N–H and O–H groups in total. The largest absolute Gasteiger partial charge is 0.494 e. The van der Waals surface area contributed by atoms with Crippen LogP contribution in [0.4, 0.5) is 4.39 Å². The number of halogens is 1. The minimum Gasteiger partial charge on any atom is -0.494 e. The Morgan fingerprint density at radius 1 is 1.54 bits per heavy atom. The highest BCUT2D eigenvalue weighted by Crippen LogP contribution is 2.21. The van der Waals surface area contributed by atoms with Crippen molar-refractivity contribution in [2.45, 2.75) is 13.0 Å². The van der Waals surface area contributed by atoms with Crippen molar-refractivity contribution in [3.05, 3.63) is 29.6 Å². The van der Waals surface area contributed by atoms with Crippen molar-refractivity contribution in [1.29, 1.82) is 0 Å². The zero-order valence-electron chi connectivity index (χ0n) is 7.54. The molecule has 3 nitrogen and oxygen atoms in total. The molecule has 0 spiro atoms. The highest BCUT2D eigenvalue weighted by Gasteiger charge is 2.07. The van der Waals surface area contributed by atoms with Crippen LogP contribution in [-0.2, 0) is 0 Å². The third kappa shape index (κ3) is 2.17. The molecule has 0 fully saturated rings. The summed E-state index contributed by atoms with van der Waals surface area (Å²) in [6.45, 7) is 1.72. The summed E-state index contributed by atoms with van der Waals surface area (Å²) in [5, 5.41) is 8.60. The molecule has 0 radical (unpaired) electrons. The predicted octanol–water partition coefficient (Wildman–Crippen LogP) is 1.87. The minimum atomic E-state index is -0.429. The molecule has 4 heteroatoms. The van der Waals surface area contributed by atoms with Gasteiger partial charge >= 0.3 is 0 Å². The van der Waals surface area contributed by atoms with Gasteiger partial charge in [0.1, 0.15) is 0 Å². The van der Waals surface area contributed by atoms with Gasteiger partial charge in [-0.25, -0.2) is 4.39 Å². The summed E-state index contributed by atoms with van der Waals surface area (Å²) < 4.78 is 17.9. The standard InChI is InChI=1S/C9H12FNO2/c1-6(11-12)7-3-4-9(13-2)8(10)5-7/h3-6,11-12H,1-2H3/t6-/m1/s1. The molecule has 1 aromatic carbocycles. The van der Waals surface area contributed by atoms with Crippen LogP contribution >= 0.6 is 0 Å². The van der Waals surface area contributed by atoms with E-state index in [1.807, 2.05) is 5.48 Å². The lowest BCUT2D eigenvalue weighted by Gasteiger charge is -2.10. The molecule has 1 atom stereocenters. The van der Waals surface area contributed by atoms with Gasteiger partial charge in [0, 0.05) is 0 Å². The Bertz CT molecular complexity index is 291. The maximum atomic E-state index is 13.1. The molecule has 0 heterocycles. The van der Waals surface area contributed by atoms with Crippen molar-refractivity contribution in [3.63, 3.8) is 0 Å². The fourth-order valence-electron chi connectivity index (χ4n) is 1.03. The maximum absolute atomic E-state index is 13.1. The van der Waals surface area contributed by atoms with Gasteiger partial charge in [0.2, 0.25) is 0 Å². The summed E-state index contributed by atoms with van der Waals surface area (Å²) in [4.78, 5) is 0. The van der Waals surface area contributed by atoms with Crippen molar-refractivity contribution in [3.8, 4) is 5.75 Å². The van der Waals surface area contributed by atoms with E-state index < -0.39 is 5.82 Å². The molecular formula is C9H12FNO2. The van der Waals surface area contributed by atoms with Crippen LogP contribution in [0.1, 0.15) is 18.5 Å². The summed E-state index contributed by atoms with van der Waals surface area (Å²) >= 11 is 0. The van der Waals surface area contributed by atoms with E-state index in [-0.39, 0.29) is 11.8 Å². The van der Waals surface area contributed by atoms with Crippen molar-refractivity contribution < 1.29 is 14.3 Å². The van der Waals surface area contributed by atoms with Crippen LogP contribution in [0, 0.1) is 5.82 Å². The number of hydrogen-bond acceptors (Lipinski definition) is 3. The lowest BCUT2D eigenvalue weighted by Crippen LogP contribution is -2.13. The van der Waals surface area contributed by atoms with Crippen LogP contribution in [0.3, 0.4) is 0 Å². The molecule has 1 aromatic rings. The van der Waals surface area contributed by atoms with Crippen LogP contribution in [0.5, 0.6) is 5.75 Å². The maximum Gasteiger partial charge on any atom is 0.165 e. The molecule has 72 valence electrons. The average molecular weight is 185 g/mol. The molecule has 0 aliphatic rings. The van der Waals surface area contributed by atoms with E-state index in [9.17, 15) is 4.39 Å². The van der Waals surface area contributed by atoms with Gasteiger partial charge in [0.25, 0.3) is 0 Å². The average Bonchev–Trinajstić information content (AvgIpc) is 2.16. The zero-order chi connectivity index (χ0) is 9.84. The Morgan fingerprint density at radius 3 is 2.69 bits per heavy atom. The van der Waals surface area contributed by atoms with Crippen molar-refractivity contribution in [1.82, 2.24) is 5.48 Å². The SMILES string of the molecule is COc1ccc([C@@H](C)NO)cc1F. The Balaban J connectivity index is 2.95. The van der Waals surface area contributed by atoms with Gasteiger partial charge < -0.3 is 9.94 Å². The smallest absolute Gasteiger partial charge is 0.165 e. The zero-order valence-corrected chi connectivity index (χ0v) is 7.54. The van der Waals surface area contributed by atoms with Gasteiger partial charge in [0.15, 0.2) is 11.6 Å². The third-order valence-corrected chi connectivity index (χ3v) is 1.87. The molecule has 0 amide bonds. The molecule has 0 aliphatic carbocycles. The van der Waals surface area contributed by atoms with Crippen LogP contribution in [0.25, 0.3) is 0 Å². The van der Waals surface area contributed by atoms with E-state index in [2.05, 4.69) is 0 Å². The van der Waals surface area contributed by atoms with E-state index in [4.69, 9.17) is 9.94 Å². The second-order valence-electron chi connectivity index (χ2n) is 2.74. The minimum absolute atomic E-state index is 0.203. The molecule has 0 saturated carbocycles. The quantitative estimate of drug-likeness (QED) is 0.706. The van der Waals surface area contributed by atoms with E-state index in [0.717, 1.165) is 0 Å². The first-order valence-corrected chi connectivity index (χ1v) is 3.92. The summed E-state index contributed by atoms with van der Waals surface area (Å²) in [6.07, 6.45) is 0. The highest BCUT2D eigenvalue weighted by atomic mass is 19.1. The van der Waals surface area contributed by atoms with Crippen LogP contribution in [0.2, 0.25) is 0 Å². The number of nitrogens with one attached hydrogen (secondary N) is 1. The lowest BCUT2D eigenvalue weighted by atomic mass is 10.1. The fraction of sp³-hybridized carbons (Fsp3) is 0.333. The number of ether oxygens (including phenoxy) is 1. The van der Waals surface area contributed by atoms with Gasteiger partial charge in [-0.05, 0) is 24.6 Å². The van der Waals surface area contributed by atoms with Crippen LogP contribution < -0.4 is 10.2 Å². The van der Waals surface area contributed by atoms with Gasteiger partial charge in [0.05, 0.1) is 13.2 Å². The number of hydroxylamine groups is 1. The molecule has 0 aromatic heterocycles. The molecule has 0 saturated heterocycles. The first-order valence-electron chi connectivity index (χ1n) is 3.92. The number of methoxy groups -OCH3 is 1. The Labute approximate surface area is 76.1 Å². The summed E-state index contributed by atoms with van der Waals surface area (Å²) in [5.74, 6) is -0.226. The molecule has 0 unspecified atom stereocenters. The summed E-state index contributed by atoms with van der Waals surface area (Å²) in [5.41, 5.74) is 2.71.